The van der Waals surface area contributed by atoms with Crippen molar-refractivity contribution in [1.29, 1.82) is 0 Å². The van der Waals surface area contributed by atoms with Crippen LogP contribution in [0, 0.1) is 5.92 Å². The zero-order valence-electron chi connectivity index (χ0n) is 21.2. The van der Waals surface area contributed by atoms with Gasteiger partial charge in [-0.2, -0.15) is 0 Å². The number of aromatic amines is 1. The second-order valence-electron chi connectivity index (χ2n) is 10.5. The number of benzene rings is 2. The predicted molar refractivity (Wildman–Crippen MR) is 142 cm³/mol. The standard InChI is InChI=1S/C30H39N3O2/c1-3-17-33(25-15-16-26-22(18-25)8-6-10-29(26)35-2)20-21-11-13-24(14-12-21)31-30(34)28-19-23-7-4-5-9-27(23)32-28/h4-10,19,21,24-25,32H,3,11-18,20H2,1-2H3,(H,31,34). The highest BCUT2D eigenvalue weighted by atomic mass is 16.5. The van der Waals surface area contributed by atoms with Crippen molar-refractivity contribution in [2.45, 2.75) is 70.4 Å². The van der Waals surface area contributed by atoms with Gasteiger partial charge in [-0.25, -0.2) is 0 Å². The van der Waals surface area contributed by atoms with Crippen molar-refractivity contribution in [1.82, 2.24) is 15.2 Å². The van der Waals surface area contributed by atoms with Gasteiger partial charge < -0.3 is 15.0 Å². The van der Waals surface area contributed by atoms with Crippen LogP contribution in [0.2, 0.25) is 0 Å². The Hall–Kier alpha value is -2.79. The molecule has 5 heteroatoms. The number of carbonyl (C=O) groups is 1. The van der Waals surface area contributed by atoms with Crippen LogP contribution in [0.3, 0.4) is 0 Å². The lowest BCUT2D eigenvalue weighted by atomic mass is 9.83. The summed E-state index contributed by atoms with van der Waals surface area (Å²) in [7, 11) is 1.78. The van der Waals surface area contributed by atoms with Gasteiger partial charge in [0.05, 0.1) is 7.11 Å². The summed E-state index contributed by atoms with van der Waals surface area (Å²) in [5, 5.41) is 4.37. The molecule has 2 N–H and O–H groups in total. The number of H-pyrrole nitrogens is 1. The monoisotopic (exact) mass is 473 g/mol. The number of hydrogen-bond acceptors (Lipinski definition) is 3. The molecule has 3 aromatic rings. The first-order chi connectivity index (χ1) is 17.1. The number of hydrogen-bond donors (Lipinski definition) is 2. The molecule has 5 nitrogen and oxygen atoms in total. The normalized spacial score (nSPS) is 22.2. The number of nitrogens with zero attached hydrogens (tertiary/aromatic N) is 1. The summed E-state index contributed by atoms with van der Waals surface area (Å²) in [6.45, 7) is 4.64. The molecule has 2 aromatic carbocycles. The second-order valence-corrected chi connectivity index (χ2v) is 10.5. The van der Waals surface area contributed by atoms with E-state index in [-0.39, 0.29) is 11.9 Å². The number of ether oxygens (including phenoxy) is 1. The largest absolute Gasteiger partial charge is 0.496 e. The Morgan fingerprint density at radius 1 is 1.09 bits per heavy atom. The molecule has 0 saturated heterocycles. The van der Waals surface area contributed by atoms with E-state index in [9.17, 15) is 4.79 Å². The third-order valence-corrected chi connectivity index (χ3v) is 8.11. The summed E-state index contributed by atoms with van der Waals surface area (Å²) in [6.07, 6.45) is 9.16. The molecule has 0 bridgehead atoms. The van der Waals surface area contributed by atoms with Gasteiger partial charge in [0.25, 0.3) is 5.91 Å². The van der Waals surface area contributed by atoms with Gasteiger partial charge in [-0.1, -0.05) is 37.3 Å². The van der Waals surface area contributed by atoms with E-state index in [1.54, 1.807) is 7.11 Å². The van der Waals surface area contributed by atoms with Crippen LogP contribution < -0.4 is 10.1 Å². The molecule has 1 heterocycles. The zero-order valence-corrected chi connectivity index (χ0v) is 21.2. The Bertz CT molecular complexity index is 1110. The van der Waals surface area contributed by atoms with Crippen molar-refractivity contribution in [3.63, 3.8) is 0 Å². The van der Waals surface area contributed by atoms with Crippen molar-refractivity contribution >= 4 is 16.8 Å². The topological polar surface area (TPSA) is 57.4 Å². The highest BCUT2D eigenvalue weighted by Gasteiger charge is 2.29. The third kappa shape index (κ3) is 5.40. The molecule has 2 aliphatic rings. The summed E-state index contributed by atoms with van der Waals surface area (Å²) < 4.78 is 5.61. The average molecular weight is 474 g/mol. The summed E-state index contributed by atoms with van der Waals surface area (Å²) in [5.74, 6) is 1.79. The minimum absolute atomic E-state index is 0.0218. The van der Waals surface area contributed by atoms with Crippen LogP contribution in [-0.2, 0) is 12.8 Å². The fourth-order valence-electron chi connectivity index (χ4n) is 6.25. The molecule has 35 heavy (non-hydrogen) atoms. The van der Waals surface area contributed by atoms with Crippen LogP contribution in [-0.4, -0.2) is 48.1 Å². The van der Waals surface area contributed by atoms with Crippen LogP contribution >= 0.6 is 0 Å². The first kappa shape index (κ1) is 23.9. The molecule has 1 saturated carbocycles. The summed E-state index contributed by atoms with van der Waals surface area (Å²) in [6, 6.07) is 17.4. The van der Waals surface area contributed by atoms with Crippen molar-refractivity contribution in [2.75, 3.05) is 20.2 Å². The van der Waals surface area contributed by atoms with Crippen molar-refractivity contribution in [3.8, 4) is 5.75 Å². The van der Waals surface area contributed by atoms with Gasteiger partial charge in [0.1, 0.15) is 11.4 Å². The van der Waals surface area contributed by atoms with Crippen LogP contribution in [0.4, 0.5) is 0 Å². The van der Waals surface area contributed by atoms with E-state index >= 15 is 0 Å². The van der Waals surface area contributed by atoms with Crippen molar-refractivity contribution in [3.05, 3.63) is 65.4 Å². The lowest BCUT2D eigenvalue weighted by molar-refractivity contribution is 0.0904. The van der Waals surface area contributed by atoms with Crippen LogP contribution in [0.1, 0.15) is 67.1 Å². The van der Waals surface area contributed by atoms with Gasteiger partial charge in [0.2, 0.25) is 0 Å². The second kappa shape index (κ2) is 10.9. The number of nitrogens with one attached hydrogen (secondary N) is 2. The minimum Gasteiger partial charge on any atom is -0.496 e. The number of fused-ring (bicyclic) bond motifs is 2. The highest BCUT2D eigenvalue weighted by molar-refractivity contribution is 5.98. The smallest absolute Gasteiger partial charge is 0.267 e. The third-order valence-electron chi connectivity index (χ3n) is 8.11. The Morgan fingerprint density at radius 3 is 2.69 bits per heavy atom. The lowest BCUT2D eigenvalue weighted by Gasteiger charge is -2.39. The number of amides is 1. The number of para-hydroxylation sites is 1. The lowest BCUT2D eigenvalue weighted by Crippen LogP contribution is -2.44. The first-order valence-corrected chi connectivity index (χ1v) is 13.4. The number of carbonyl (C=O) groups excluding carboxylic acids is 1. The van der Waals surface area contributed by atoms with Crippen molar-refractivity contribution in [2.24, 2.45) is 5.92 Å². The van der Waals surface area contributed by atoms with Crippen LogP contribution in [0.15, 0.2) is 48.5 Å². The maximum absolute atomic E-state index is 12.8. The number of methoxy groups -OCH3 is 1. The molecule has 186 valence electrons. The van der Waals surface area contributed by atoms with Gasteiger partial charge >= 0.3 is 0 Å². The number of aromatic nitrogens is 1. The van der Waals surface area contributed by atoms with Gasteiger partial charge in [-0.15, -0.1) is 0 Å². The van der Waals surface area contributed by atoms with E-state index in [0.717, 1.165) is 48.3 Å². The van der Waals surface area contributed by atoms with Gasteiger partial charge in [-0.05, 0) is 93.2 Å². The molecule has 1 unspecified atom stereocenters. The Kier molecular flexibility index (Phi) is 7.43. The summed E-state index contributed by atoms with van der Waals surface area (Å²) in [5.41, 5.74) is 4.55. The Balaban J connectivity index is 1.14. The maximum atomic E-state index is 12.8. The van der Waals surface area contributed by atoms with E-state index in [2.05, 4.69) is 40.3 Å². The van der Waals surface area contributed by atoms with E-state index < -0.39 is 0 Å². The molecule has 0 spiro atoms. The molecule has 1 aromatic heterocycles. The average Bonchev–Trinajstić information content (AvgIpc) is 3.33. The Labute approximate surface area is 209 Å². The summed E-state index contributed by atoms with van der Waals surface area (Å²) >= 11 is 0. The van der Waals surface area contributed by atoms with E-state index in [4.69, 9.17) is 4.74 Å². The molecule has 5 rings (SSSR count). The quantitative estimate of drug-likeness (QED) is 0.439. The Morgan fingerprint density at radius 2 is 1.91 bits per heavy atom. The van der Waals surface area contributed by atoms with Gasteiger partial charge in [-0.3, -0.25) is 9.69 Å². The predicted octanol–water partition coefficient (Wildman–Crippen LogP) is 5.73. The zero-order chi connectivity index (χ0) is 24.2. The fraction of sp³-hybridized carbons (Fsp3) is 0.500. The van der Waals surface area contributed by atoms with E-state index in [1.165, 1.54) is 49.9 Å². The van der Waals surface area contributed by atoms with Gasteiger partial charge in [0, 0.05) is 29.5 Å². The molecular formula is C30H39N3O2. The molecule has 0 aliphatic heterocycles. The van der Waals surface area contributed by atoms with Crippen LogP contribution in [0.25, 0.3) is 10.9 Å². The highest BCUT2D eigenvalue weighted by Crippen LogP contribution is 2.33. The first-order valence-electron chi connectivity index (χ1n) is 13.4. The SMILES string of the molecule is CCCN(CC1CCC(NC(=O)c2cc3ccccc3[nH]2)CC1)C1CCc2c(cccc2OC)C1. The number of rotatable bonds is 8. The van der Waals surface area contributed by atoms with Crippen molar-refractivity contribution < 1.29 is 9.53 Å². The molecular weight excluding hydrogens is 434 g/mol. The maximum Gasteiger partial charge on any atom is 0.267 e. The molecule has 1 atom stereocenters. The minimum atomic E-state index is 0.0218. The molecule has 2 aliphatic carbocycles. The van der Waals surface area contributed by atoms with Crippen LogP contribution in [0.5, 0.6) is 5.75 Å². The van der Waals surface area contributed by atoms with E-state index in [1.807, 2.05) is 30.3 Å². The molecule has 0 radical (unpaired) electrons. The van der Waals surface area contributed by atoms with E-state index in [0.29, 0.717) is 11.7 Å². The summed E-state index contributed by atoms with van der Waals surface area (Å²) in [4.78, 5) is 18.8. The fourth-order valence-corrected chi connectivity index (χ4v) is 6.25. The molecule has 1 amide bonds. The molecule has 1 fully saturated rings. The van der Waals surface area contributed by atoms with Gasteiger partial charge in [0.15, 0.2) is 0 Å².